The van der Waals surface area contributed by atoms with E-state index in [1.54, 1.807) is 43.2 Å². The minimum atomic E-state index is -0.498. The van der Waals surface area contributed by atoms with Crippen LogP contribution in [0.3, 0.4) is 0 Å². The van der Waals surface area contributed by atoms with E-state index in [4.69, 9.17) is 9.15 Å². The third-order valence-electron chi connectivity index (χ3n) is 3.78. The number of benzene rings is 1. The Morgan fingerprint density at radius 3 is 2.89 bits per heavy atom. The highest BCUT2D eigenvalue weighted by atomic mass is 16.6. The van der Waals surface area contributed by atoms with Gasteiger partial charge >= 0.3 is 5.69 Å². The van der Waals surface area contributed by atoms with Crippen molar-refractivity contribution >= 4 is 11.6 Å². The fourth-order valence-corrected chi connectivity index (χ4v) is 2.45. The molecule has 0 radical (unpaired) electrons. The largest absolute Gasteiger partial charge is 0.479 e. The van der Waals surface area contributed by atoms with E-state index in [2.05, 4.69) is 10.4 Å². The smallest absolute Gasteiger partial charge is 0.311 e. The van der Waals surface area contributed by atoms with Gasteiger partial charge < -0.3 is 14.5 Å². The van der Waals surface area contributed by atoms with Gasteiger partial charge in [-0.25, -0.2) is 0 Å². The maximum Gasteiger partial charge on any atom is 0.311 e. The maximum absolute atomic E-state index is 12.1. The Morgan fingerprint density at radius 1 is 1.37 bits per heavy atom. The van der Waals surface area contributed by atoms with Gasteiger partial charge in [-0.3, -0.25) is 19.6 Å². The first-order chi connectivity index (χ1) is 12.9. The number of hydrogen-bond acceptors (Lipinski definition) is 6. The first kappa shape index (κ1) is 18.2. The lowest BCUT2D eigenvalue weighted by atomic mass is 10.2. The Labute approximate surface area is 154 Å². The van der Waals surface area contributed by atoms with Gasteiger partial charge in [-0.1, -0.05) is 6.07 Å². The van der Waals surface area contributed by atoms with E-state index in [1.807, 2.05) is 0 Å². The summed E-state index contributed by atoms with van der Waals surface area (Å²) in [6.45, 7) is 2.06. The molecule has 0 saturated carbocycles. The van der Waals surface area contributed by atoms with Crippen LogP contribution in [0.5, 0.6) is 5.75 Å². The molecule has 2 heterocycles. The van der Waals surface area contributed by atoms with Crippen molar-refractivity contribution in [3.8, 4) is 5.75 Å². The van der Waals surface area contributed by atoms with Gasteiger partial charge in [0.1, 0.15) is 12.4 Å². The van der Waals surface area contributed by atoms with Gasteiger partial charge in [0, 0.05) is 31.4 Å². The molecule has 3 rings (SSSR count). The summed E-state index contributed by atoms with van der Waals surface area (Å²) in [5.74, 6) is 0.295. The average Bonchev–Trinajstić information content (AvgIpc) is 3.27. The van der Waals surface area contributed by atoms with Crippen LogP contribution in [-0.4, -0.2) is 20.6 Å². The molecule has 0 bridgehead atoms. The molecule has 0 aliphatic rings. The minimum Gasteiger partial charge on any atom is -0.479 e. The zero-order valence-corrected chi connectivity index (χ0v) is 14.8. The normalized spacial score (nSPS) is 10.6. The predicted octanol–water partition coefficient (Wildman–Crippen LogP) is 2.74. The Morgan fingerprint density at radius 2 is 2.19 bits per heavy atom. The predicted molar refractivity (Wildman–Crippen MR) is 95.3 cm³/mol. The molecule has 0 atom stereocenters. The van der Waals surface area contributed by atoms with Crippen LogP contribution in [0, 0.1) is 17.0 Å². The number of furan rings is 1. The van der Waals surface area contributed by atoms with Crippen molar-refractivity contribution in [3.63, 3.8) is 0 Å². The Hall–Kier alpha value is -3.62. The van der Waals surface area contributed by atoms with E-state index in [-0.39, 0.29) is 29.7 Å². The van der Waals surface area contributed by atoms with Gasteiger partial charge in [0.25, 0.3) is 5.91 Å². The second kappa shape index (κ2) is 7.73. The molecule has 0 spiro atoms. The number of carbonyl (C=O) groups is 1. The molecule has 1 aromatic carbocycles. The van der Waals surface area contributed by atoms with Crippen LogP contribution in [0.1, 0.15) is 27.4 Å². The van der Waals surface area contributed by atoms with Gasteiger partial charge in [-0.05, 0) is 30.7 Å². The highest BCUT2D eigenvalue weighted by Gasteiger charge is 2.17. The standard InChI is InChI=1S/C18H18N4O5/c1-12-3-5-16(15(7-12)22(24)25)26-11-14-4-6-17(27-14)18(23)19-8-13-9-20-21(2)10-13/h3-7,9-10H,8,11H2,1-2H3,(H,19,23). The Kier molecular flexibility index (Phi) is 5.20. The number of carbonyl (C=O) groups excluding carboxylic acids is 1. The molecule has 1 N–H and O–H groups in total. The topological polar surface area (TPSA) is 112 Å². The number of amides is 1. The third-order valence-corrected chi connectivity index (χ3v) is 3.78. The zero-order chi connectivity index (χ0) is 19.4. The Bertz CT molecular complexity index is 976. The van der Waals surface area contributed by atoms with Crippen LogP contribution in [0.15, 0.2) is 47.1 Å². The molecule has 1 amide bonds. The highest BCUT2D eigenvalue weighted by molar-refractivity contribution is 5.91. The SMILES string of the molecule is Cc1ccc(OCc2ccc(C(=O)NCc3cnn(C)c3)o2)c([N+](=O)[O-])c1. The molecule has 2 aromatic heterocycles. The maximum atomic E-state index is 12.1. The summed E-state index contributed by atoms with van der Waals surface area (Å²) in [6, 6.07) is 7.83. The van der Waals surface area contributed by atoms with Crippen molar-refractivity contribution in [3.05, 3.63) is 75.5 Å². The van der Waals surface area contributed by atoms with E-state index < -0.39 is 4.92 Å². The molecular formula is C18H18N4O5. The molecule has 0 saturated heterocycles. The van der Waals surface area contributed by atoms with Crippen LogP contribution < -0.4 is 10.1 Å². The van der Waals surface area contributed by atoms with E-state index in [0.717, 1.165) is 11.1 Å². The number of rotatable bonds is 7. The van der Waals surface area contributed by atoms with Crippen LogP contribution in [0.25, 0.3) is 0 Å². The van der Waals surface area contributed by atoms with Gasteiger partial charge in [-0.15, -0.1) is 0 Å². The minimum absolute atomic E-state index is 0.0280. The molecule has 3 aromatic rings. The molecule has 0 fully saturated rings. The molecular weight excluding hydrogens is 352 g/mol. The molecule has 9 nitrogen and oxygen atoms in total. The van der Waals surface area contributed by atoms with E-state index in [1.165, 1.54) is 18.2 Å². The van der Waals surface area contributed by atoms with Crippen LogP contribution in [-0.2, 0) is 20.2 Å². The van der Waals surface area contributed by atoms with E-state index in [9.17, 15) is 14.9 Å². The zero-order valence-electron chi connectivity index (χ0n) is 14.8. The molecule has 0 aliphatic carbocycles. The average molecular weight is 370 g/mol. The summed E-state index contributed by atoms with van der Waals surface area (Å²) in [5, 5.41) is 17.9. The quantitative estimate of drug-likeness (QED) is 0.505. The molecule has 0 unspecified atom stereocenters. The molecule has 140 valence electrons. The van der Waals surface area contributed by atoms with Crippen LogP contribution >= 0.6 is 0 Å². The Balaban J connectivity index is 1.59. The molecule has 27 heavy (non-hydrogen) atoms. The van der Waals surface area contributed by atoms with Crippen molar-refractivity contribution in [2.75, 3.05) is 0 Å². The number of nitro benzene ring substituents is 1. The second-order valence-corrected chi connectivity index (χ2v) is 5.99. The first-order valence-electron chi connectivity index (χ1n) is 8.14. The highest BCUT2D eigenvalue weighted by Crippen LogP contribution is 2.28. The van der Waals surface area contributed by atoms with Gasteiger partial charge in [-0.2, -0.15) is 5.10 Å². The van der Waals surface area contributed by atoms with Crippen molar-refractivity contribution in [2.45, 2.75) is 20.1 Å². The number of nitrogens with one attached hydrogen (secondary N) is 1. The van der Waals surface area contributed by atoms with E-state index >= 15 is 0 Å². The number of nitrogens with zero attached hydrogens (tertiary/aromatic N) is 3. The first-order valence-corrected chi connectivity index (χ1v) is 8.14. The lowest BCUT2D eigenvalue weighted by Gasteiger charge is -2.06. The number of aromatic nitrogens is 2. The summed E-state index contributed by atoms with van der Waals surface area (Å²) >= 11 is 0. The summed E-state index contributed by atoms with van der Waals surface area (Å²) in [4.78, 5) is 22.7. The van der Waals surface area contributed by atoms with Crippen molar-refractivity contribution in [1.29, 1.82) is 0 Å². The van der Waals surface area contributed by atoms with Crippen molar-refractivity contribution in [1.82, 2.24) is 15.1 Å². The van der Waals surface area contributed by atoms with Gasteiger partial charge in [0.05, 0.1) is 11.1 Å². The van der Waals surface area contributed by atoms with Gasteiger partial charge in [0.15, 0.2) is 11.5 Å². The second-order valence-electron chi connectivity index (χ2n) is 5.99. The molecule has 9 heteroatoms. The van der Waals surface area contributed by atoms with Crippen molar-refractivity contribution in [2.24, 2.45) is 7.05 Å². The lowest BCUT2D eigenvalue weighted by Crippen LogP contribution is -2.22. The molecule has 0 aliphatic heterocycles. The summed E-state index contributed by atoms with van der Waals surface area (Å²) in [6.07, 6.45) is 3.46. The summed E-state index contributed by atoms with van der Waals surface area (Å²) in [7, 11) is 1.79. The lowest BCUT2D eigenvalue weighted by molar-refractivity contribution is -0.386. The number of aryl methyl sites for hydroxylation is 2. The third kappa shape index (κ3) is 4.51. The number of nitro groups is 1. The fraction of sp³-hybridized carbons (Fsp3) is 0.222. The number of hydrogen-bond donors (Lipinski definition) is 1. The van der Waals surface area contributed by atoms with Crippen molar-refractivity contribution < 1.29 is 18.9 Å². The van der Waals surface area contributed by atoms with E-state index in [0.29, 0.717) is 12.3 Å². The monoisotopic (exact) mass is 370 g/mol. The van der Waals surface area contributed by atoms with Gasteiger partial charge in [0.2, 0.25) is 0 Å². The van der Waals surface area contributed by atoms with Crippen LogP contribution in [0.2, 0.25) is 0 Å². The fourth-order valence-electron chi connectivity index (χ4n) is 2.45. The summed E-state index contributed by atoms with van der Waals surface area (Å²) in [5.41, 5.74) is 1.52. The number of ether oxygens (including phenoxy) is 1. The van der Waals surface area contributed by atoms with Crippen LogP contribution in [0.4, 0.5) is 5.69 Å². The summed E-state index contributed by atoms with van der Waals surface area (Å²) < 4.78 is 12.6.